The first-order valence-electron chi connectivity index (χ1n) is 6.16. The van der Waals surface area contributed by atoms with Gasteiger partial charge in [-0.3, -0.25) is 4.79 Å². The van der Waals surface area contributed by atoms with Crippen molar-refractivity contribution in [2.45, 2.75) is 6.42 Å². The highest BCUT2D eigenvalue weighted by Crippen LogP contribution is 2.29. The smallest absolute Gasteiger partial charge is 0.257 e. The van der Waals surface area contributed by atoms with Crippen LogP contribution in [0.1, 0.15) is 16.8 Å². The summed E-state index contributed by atoms with van der Waals surface area (Å²) in [7, 11) is 1.57. The molecule has 1 aliphatic rings. The third kappa shape index (κ3) is 4.13. The van der Waals surface area contributed by atoms with E-state index in [0.29, 0.717) is 22.9 Å². The van der Waals surface area contributed by atoms with Gasteiger partial charge in [-0.05, 0) is 47.7 Å². The topological polar surface area (TPSA) is 41.6 Å². The number of hydrogen-bond acceptors (Lipinski definition) is 3. The van der Waals surface area contributed by atoms with E-state index in [1.807, 2.05) is 4.90 Å². The normalized spacial score (nSPS) is 15.2. The van der Waals surface area contributed by atoms with Crippen molar-refractivity contribution in [3.8, 4) is 5.75 Å². The molecule has 0 aromatic heterocycles. The van der Waals surface area contributed by atoms with Crippen LogP contribution in [0, 0.1) is 3.57 Å². The first-order valence-corrected chi connectivity index (χ1v) is 7.62. The van der Waals surface area contributed by atoms with Crippen LogP contribution in [0.25, 0.3) is 0 Å². The fraction of sp³-hybridized carbons (Fsp3) is 0.462. The molecular formula is C13H17Cl2IN2O2. The summed E-state index contributed by atoms with van der Waals surface area (Å²) in [5, 5.41) is 3.86. The van der Waals surface area contributed by atoms with E-state index in [1.165, 1.54) is 0 Å². The largest absolute Gasteiger partial charge is 0.496 e. The zero-order chi connectivity index (χ0) is 13.8. The maximum absolute atomic E-state index is 12.6. The summed E-state index contributed by atoms with van der Waals surface area (Å²) in [5.74, 6) is 0.565. The lowest BCUT2D eigenvalue weighted by Gasteiger charge is -2.21. The number of ether oxygens (including phenoxy) is 1. The second-order valence-corrected chi connectivity index (χ2v) is 5.93. The Labute approximate surface area is 143 Å². The molecule has 0 atom stereocenters. The van der Waals surface area contributed by atoms with Crippen LogP contribution in [0.5, 0.6) is 5.75 Å². The molecule has 1 amide bonds. The lowest BCUT2D eigenvalue weighted by atomic mass is 10.1. The van der Waals surface area contributed by atoms with E-state index in [4.69, 9.17) is 16.3 Å². The summed E-state index contributed by atoms with van der Waals surface area (Å²) in [6.45, 7) is 3.25. The van der Waals surface area contributed by atoms with E-state index in [2.05, 4.69) is 27.9 Å². The molecule has 4 nitrogen and oxygen atoms in total. The molecule has 1 aromatic rings. The fourth-order valence-corrected chi connectivity index (χ4v) is 2.69. The molecule has 1 aromatic carbocycles. The summed E-state index contributed by atoms with van der Waals surface area (Å²) in [6, 6.07) is 3.50. The minimum Gasteiger partial charge on any atom is -0.496 e. The van der Waals surface area contributed by atoms with Gasteiger partial charge in [-0.25, -0.2) is 0 Å². The van der Waals surface area contributed by atoms with Gasteiger partial charge in [-0.15, -0.1) is 12.4 Å². The molecule has 0 aliphatic carbocycles. The molecular weight excluding hydrogens is 414 g/mol. The van der Waals surface area contributed by atoms with Gasteiger partial charge < -0.3 is 15.0 Å². The average molecular weight is 431 g/mol. The van der Waals surface area contributed by atoms with Crippen LogP contribution < -0.4 is 10.1 Å². The molecule has 0 saturated carbocycles. The molecule has 0 bridgehead atoms. The summed E-state index contributed by atoms with van der Waals surface area (Å²) in [4.78, 5) is 14.4. The number of rotatable bonds is 2. The Morgan fingerprint density at radius 1 is 1.40 bits per heavy atom. The highest BCUT2D eigenvalue weighted by molar-refractivity contribution is 14.1. The van der Waals surface area contributed by atoms with E-state index in [1.54, 1.807) is 19.2 Å². The second-order valence-electron chi connectivity index (χ2n) is 4.36. The number of carbonyl (C=O) groups is 1. The zero-order valence-corrected chi connectivity index (χ0v) is 14.8. The average Bonchev–Trinajstić information content (AvgIpc) is 2.69. The monoisotopic (exact) mass is 430 g/mol. The van der Waals surface area contributed by atoms with Crippen molar-refractivity contribution in [3.05, 3.63) is 26.3 Å². The Hall–Kier alpha value is -0.240. The van der Waals surface area contributed by atoms with E-state index >= 15 is 0 Å². The van der Waals surface area contributed by atoms with Crippen molar-refractivity contribution in [3.63, 3.8) is 0 Å². The maximum Gasteiger partial charge on any atom is 0.257 e. The molecule has 0 unspecified atom stereocenters. The van der Waals surface area contributed by atoms with E-state index in [9.17, 15) is 4.79 Å². The van der Waals surface area contributed by atoms with Crippen LogP contribution in [0.2, 0.25) is 5.02 Å². The van der Waals surface area contributed by atoms with Crippen molar-refractivity contribution in [1.82, 2.24) is 10.2 Å². The molecule has 1 N–H and O–H groups in total. The Morgan fingerprint density at radius 3 is 2.85 bits per heavy atom. The number of amides is 1. The third-order valence-electron chi connectivity index (χ3n) is 3.10. The quantitative estimate of drug-likeness (QED) is 0.733. The van der Waals surface area contributed by atoms with Gasteiger partial charge in [0.05, 0.1) is 17.7 Å². The molecule has 0 radical (unpaired) electrons. The van der Waals surface area contributed by atoms with Crippen molar-refractivity contribution >= 4 is 52.5 Å². The standard InChI is InChI=1S/C13H16ClIN2O2.ClH/c1-19-12-8-11(15)10(14)7-9(12)13(18)17-5-2-3-16-4-6-17;/h7-8,16H,2-6H2,1H3;1H. The molecule has 2 rings (SSSR count). The molecule has 1 heterocycles. The van der Waals surface area contributed by atoms with Crippen molar-refractivity contribution in [2.24, 2.45) is 0 Å². The number of benzene rings is 1. The van der Waals surface area contributed by atoms with Crippen LogP contribution in [0.4, 0.5) is 0 Å². The molecule has 1 aliphatic heterocycles. The van der Waals surface area contributed by atoms with Crippen LogP contribution in [0.15, 0.2) is 12.1 Å². The Morgan fingerprint density at radius 2 is 2.15 bits per heavy atom. The number of halogens is 3. The highest BCUT2D eigenvalue weighted by Gasteiger charge is 2.21. The molecule has 0 spiro atoms. The molecule has 20 heavy (non-hydrogen) atoms. The van der Waals surface area contributed by atoms with Gasteiger partial charge in [0.25, 0.3) is 5.91 Å². The Bertz CT molecular complexity index is 478. The van der Waals surface area contributed by atoms with Crippen molar-refractivity contribution in [2.75, 3.05) is 33.3 Å². The summed E-state index contributed by atoms with van der Waals surface area (Å²) in [5.41, 5.74) is 0.537. The number of carbonyl (C=O) groups excluding carboxylic acids is 1. The molecule has 112 valence electrons. The van der Waals surface area contributed by atoms with E-state index in [-0.39, 0.29) is 18.3 Å². The van der Waals surface area contributed by atoms with Gasteiger partial charge in [0.2, 0.25) is 0 Å². The van der Waals surface area contributed by atoms with Crippen LogP contribution >= 0.6 is 46.6 Å². The van der Waals surface area contributed by atoms with Crippen LogP contribution in [-0.4, -0.2) is 44.1 Å². The van der Waals surface area contributed by atoms with E-state index < -0.39 is 0 Å². The van der Waals surface area contributed by atoms with Gasteiger partial charge >= 0.3 is 0 Å². The van der Waals surface area contributed by atoms with Gasteiger partial charge in [-0.2, -0.15) is 0 Å². The maximum atomic E-state index is 12.6. The summed E-state index contributed by atoms with van der Waals surface area (Å²) in [6.07, 6.45) is 0.964. The van der Waals surface area contributed by atoms with Gasteiger partial charge in [-0.1, -0.05) is 11.6 Å². The predicted octanol–water partition coefficient (Wildman–Crippen LogP) is 2.81. The number of nitrogens with one attached hydrogen (secondary N) is 1. The zero-order valence-electron chi connectivity index (χ0n) is 11.1. The third-order valence-corrected chi connectivity index (χ3v) is 4.62. The van der Waals surface area contributed by atoms with Crippen LogP contribution in [0.3, 0.4) is 0 Å². The van der Waals surface area contributed by atoms with Crippen molar-refractivity contribution in [1.29, 1.82) is 0 Å². The molecule has 7 heteroatoms. The first-order chi connectivity index (χ1) is 9.13. The SMILES string of the molecule is COc1cc(I)c(Cl)cc1C(=O)N1CCCNCC1.Cl. The molecule has 1 fully saturated rings. The van der Waals surface area contributed by atoms with Gasteiger partial charge in [0, 0.05) is 23.2 Å². The predicted molar refractivity (Wildman–Crippen MR) is 91.4 cm³/mol. The molecule has 1 saturated heterocycles. The minimum absolute atomic E-state index is 0. The fourth-order valence-electron chi connectivity index (χ4n) is 2.08. The van der Waals surface area contributed by atoms with Crippen LogP contribution in [-0.2, 0) is 0 Å². The first kappa shape index (κ1) is 17.8. The number of nitrogens with zero attached hydrogens (tertiary/aromatic N) is 1. The number of hydrogen-bond donors (Lipinski definition) is 1. The highest BCUT2D eigenvalue weighted by atomic mass is 127. The lowest BCUT2D eigenvalue weighted by molar-refractivity contribution is 0.0763. The summed E-state index contributed by atoms with van der Waals surface area (Å²) < 4.78 is 6.18. The van der Waals surface area contributed by atoms with E-state index in [0.717, 1.165) is 29.6 Å². The van der Waals surface area contributed by atoms with Crippen molar-refractivity contribution < 1.29 is 9.53 Å². The lowest BCUT2D eigenvalue weighted by Crippen LogP contribution is -2.34. The summed E-state index contributed by atoms with van der Waals surface area (Å²) >= 11 is 8.24. The second kappa shape index (κ2) is 8.26. The minimum atomic E-state index is -0.0150. The van der Waals surface area contributed by atoms with Gasteiger partial charge in [0.15, 0.2) is 0 Å². The Balaban J connectivity index is 0.00000200. The van der Waals surface area contributed by atoms with Gasteiger partial charge in [0.1, 0.15) is 5.75 Å². The Kier molecular flexibility index (Phi) is 7.36. The number of methoxy groups -OCH3 is 1.